The number of carbonyl (C=O) groups is 1. The molecule has 0 aliphatic rings. The monoisotopic (exact) mass is 254 g/mol. The minimum absolute atomic E-state index is 0.101. The molecule has 96 valence electrons. The maximum Gasteiger partial charge on any atom is 0.303 e. The predicted octanol–water partition coefficient (Wildman–Crippen LogP) is -1.12. The largest absolute Gasteiger partial charge is 0.481 e. The number of aliphatic hydroxyl groups excluding tert-OH is 3. The molecule has 0 rings (SSSR count). The summed E-state index contributed by atoms with van der Waals surface area (Å²) in [6, 6.07) is 0. The van der Waals surface area contributed by atoms with Crippen molar-refractivity contribution in [2.75, 3.05) is 13.7 Å². The molecular weight excluding hydrogens is 236 g/mol. The van der Waals surface area contributed by atoms with Crippen molar-refractivity contribution in [3.8, 4) is 0 Å². The molecule has 0 aliphatic heterocycles. The van der Waals surface area contributed by atoms with Crippen molar-refractivity contribution in [3.05, 3.63) is 0 Å². The molecule has 0 bridgehead atoms. The molecule has 0 aliphatic carbocycles. The van der Waals surface area contributed by atoms with Crippen LogP contribution in [0.4, 0.5) is 0 Å². The van der Waals surface area contributed by atoms with E-state index < -0.39 is 36.1 Å². The van der Waals surface area contributed by atoms with Crippen LogP contribution in [-0.4, -0.2) is 63.7 Å². The third-order valence-corrected chi connectivity index (χ3v) is 2.78. The molecule has 0 aromatic carbocycles. The Morgan fingerprint density at radius 1 is 1.44 bits per heavy atom. The summed E-state index contributed by atoms with van der Waals surface area (Å²) in [6.45, 7) is -0.597. The van der Waals surface area contributed by atoms with Crippen LogP contribution in [0, 0.1) is 0 Å². The van der Waals surface area contributed by atoms with E-state index in [1.165, 1.54) is 7.11 Å². The maximum absolute atomic E-state index is 10.3. The van der Waals surface area contributed by atoms with E-state index in [-0.39, 0.29) is 12.8 Å². The summed E-state index contributed by atoms with van der Waals surface area (Å²) in [5.74, 6) is -0.967. The van der Waals surface area contributed by atoms with Crippen molar-refractivity contribution in [2.45, 2.75) is 36.4 Å². The summed E-state index contributed by atoms with van der Waals surface area (Å²) >= 11 is 4.11. The molecule has 2 unspecified atom stereocenters. The van der Waals surface area contributed by atoms with Crippen molar-refractivity contribution < 1.29 is 30.0 Å². The van der Waals surface area contributed by atoms with Gasteiger partial charge >= 0.3 is 5.97 Å². The van der Waals surface area contributed by atoms with Gasteiger partial charge in [-0.05, 0) is 6.42 Å². The van der Waals surface area contributed by atoms with E-state index in [0.717, 1.165) is 0 Å². The summed E-state index contributed by atoms with van der Waals surface area (Å²) < 4.78 is 4.94. The molecule has 0 radical (unpaired) electrons. The summed E-state index contributed by atoms with van der Waals surface area (Å²) in [5.41, 5.74) is 0. The summed E-state index contributed by atoms with van der Waals surface area (Å²) in [7, 11) is 1.32. The van der Waals surface area contributed by atoms with Gasteiger partial charge in [0, 0.05) is 18.8 Å². The van der Waals surface area contributed by atoms with Crippen LogP contribution < -0.4 is 0 Å². The van der Waals surface area contributed by atoms with Crippen LogP contribution in [0.1, 0.15) is 12.8 Å². The molecule has 0 fully saturated rings. The van der Waals surface area contributed by atoms with E-state index in [0.29, 0.717) is 0 Å². The zero-order valence-corrected chi connectivity index (χ0v) is 9.88. The number of aliphatic hydroxyl groups is 3. The highest BCUT2D eigenvalue weighted by atomic mass is 32.1. The van der Waals surface area contributed by atoms with Crippen LogP contribution in [0.25, 0.3) is 0 Å². The zero-order chi connectivity index (χ0) is 12.7. The summed E-state index contributed by atoms with van der Waals surface area (Å²) in [6.07, 6.45) is -3.36. The number of hydrogen-bond acceptors (Lipinski definition) is 6. The Morgan fingerprint density at radius 3 is 2.38 bits per heavy atom. The normalized spacial score (nSPS) is 18.8. The quantitative estimate of drug-likeness (QED) is 0.351. The molecule has 6 nitrogen and oxygen atoms in total. The third-order valence-electron chi connectivity index (χ3n) is 2.22. The average molecular weight is 254 g/mol. The number of rotatable bonds is 8. The van der Waals surface area contributed by atoms with Gasteiger partial charge in [-0.2, -0.15) is 12.6 Å². The molecule has 0 saturated carbocycles. The fraction of sp³-hybridized carbons (Fsp3) is 0.889. The highest BCUT2D eigenvalue weighted by molar-refractivity contribution is 7.81. The molecule has 0 aromatic rings. The maximum atomic E-state index is 10.3. The second-order valence-corrected chi connectivity index (χ2v) is 4.10. The standard InChI is InChI=1S/C9H18O6S/c1-15-9(8(14)5(11)4-10)6(16)2-3-7(12)13/h5-6,8-11,14,16H,2-4H2,1H3,(H,12,13)/t5-,6?,8+,9?/m1/s1. The lowest BCUT2D eigenvalue weighted by molar-refractivity contribution is -0.137. The van der Waals surface area contributed by atoms with Crippen LogP contribution in [0.15, 0.2) is 0 Å². The Balaban J connectivity index is 4.29. The fourth-order valence-electron chi connectivity index (χ4n) is 1.29. The first-order chi connectivity index (χ1) is 7.43. The van der Waals surface area contributed by atoms with E-state index in [1.54, 1.807) is 0 Å². The highest BCUT2D eigenvalue weighted by Crippen LogP contribution is 2.17. The lowest BCUT2D eigenvalue weighted by Gasteiger charge is -2.28. The van der Waals surface area contributed by atoms with Gasteiger partial charge in [0.2, 0.25) is 0 Å². The Labute approximate surface area is 99.3 Å². The Kier molecular flexibility index (Phi) is 7.69. The van der Waals surface area contributed by atoms with Crippen LogP contribution in [0.3, 0.4) is 0 Å². The van der Waals surface area contributed by atoms with E-state index in [9.17, 15) is 15.0 Å². The smallest absolute Gasteiger partial charge is 0.303 e. The average Bonchev–Trinajstić information content (AvgIpc) is 2.25. The number of ether oxygens (including phenoxy) is 1. The Morgan fingerprint density at radius 2 is 2.00 bits per heavy atom. The number of aliphatic carboxylic acids is 1. The zero-order valence-electron chi connectivity index (χ0n) is 8.98. The molecule has 16 heavy (non-hydrogen) atoms. The van der Waals surface area contributed by atoms with Gasteiger partial charge in [0.05, 0.1) is 12.7 Å². The number of thiol groups is 1. The van der Waals surface area contributed by atoms with E-state index >= 15 is 0 Å². The highest BCUT2D eigenvalue weighted by Gasteiger charge is 2.31. The van der Waals surface area contributed by atoms with Crippen LogP contribution in [0.2, 0.25) is 0 Å². The summed E-state index contributed by atoms with van der Waals surface area (Å²) in [4.78, 5) is 10.3. The molecule has 4 atom stereocenters. The molecule has 0 aromatic heterocycles. The van der Waals surface area contributed by atoms with Crippen molar-refractivity contribution in [2.24, 2.45) is 0 Å². The Hall–Kier alpha value is -0.340. The van der Waals surface area contributed by atoms with Gasteiger partial charge in [-0.1, -0.05) is 0 Å². The third kappa shape index (κ3) is 5.13. The predicted molar refractivity (Wildman–Crippen MR) is 59.5 cm³/mol. The molecule has 4 N–H and O–H groups in total. The molecule has 7 heteroatoms. The van der Waals surface area contributed by atoms with Gasteiger partial charge < -0.3 is 25.2 Å². The first-order valence-electron chi connectivity index (χ1n) is 4.83. The lowest BCUT2D eigenvalue weighted by atomic mass is 10.0. The van der Waals surface area contributed by atoms with Crippen molar-refractivity contribution in [1.29, 1.82) is 0 Å². The van der Waals surface area contributed by atoms with Gasteiger partial charge in [-0.15, -0.1) is 0 Å². The number of carboxylic acid groups (broad SMARTS) is 1. The molecule has 0 amide bonds. The van der Waals surface area contributed by atoms with Crippen molar-refractivity contribution in [3.63, 3.8) is 0 Å². The van der Waals surface area contributed by atoms with Gasteiger partial charge in [0.1, 0.15) is 12.2 Å². The second-order valence-electron chi connectivity index (χ2n) is 3.44. The van der Waals surface area contributed by atoms with Gasteiger partial charge in [0.15, 0.2) is 0 Å². The molecule has 0 spiro atoms. The van der Waals surface area contributed by atoms with Crippen LogP contribution >= 0.6 is 12.6 Å². The first kappa shape index (κ1) is 15.7. The van der Waals surface area contributed by atoms with E-state index in [4.69, 9.17) is 14.9 Å². The van der Waals surface area contributed by atoms with Crippen LogP contribution in [0.5, 0.6) is 0 Å². The first-order valence-corrected chi connectivity index (χ1v) is 5.35. The molecular formula is C9H18O6S. The minimum atomic E-state index is -1.33. The number of hydrogen-bond donors (Lipinski definition) is 5. The SMILES string of the molecule is COC(C(S)CCC(=O)O)[C@@H](O)[C@H](O)CO. The number of carboxylic acids is 1. The van der Waals surface area contributed by atoms with Gasteiger partial charge in [-0.3, -0.25) is 4.79 Å². The molecule has 0 saturated heterocycles. The Bertz CT molecular complexity index is 212. The fourth-order valence-corrected chi connectivity index (χ4v) is 1.71. The van der Waals surface area contributed by atoms with Gasteiger partial charge in [0.25, 0.3) is 0 Å². The van der Waals surface area contributed by atoms with Gasteiger partial charge in [-0.25, -0.2) is 0 Å². The van der Waals surface area contributed by atoms with E-state index in [1.807, 2.05) is 0 Å². The topological polar surface area (TPSA) is 107 Å². The lowest BCUT2D eigenvalue weighted by Crippen LogP contribution is -2.45. The minimum Gasteiger partial charge on any atom is -0.481 e. The van der Waals surface area contributed by atoms with Crippen molar-refractivity contribution in [1.82, 2.24) is 0 Å². The second kappa shape index (κ2) is 7.86. The number of methoxy groups -OCH3 is 1. The molecule has 0 heterocycles. The summed E-state index contributed by atoms with van der Waals surface area (Å²) in [5, 5.41) is 35.4. The van der Waals surface area contributed by atoms with Crippen molar-refractivity contribution >= 4 is 18.6 Å². The van der Waals surface area contributed by atoms with Crippen LogP contribution in [-0.2, 0) is 9.53 Å². The van der Waals surface area contributed by atoms with E-state index in [2.05, 4.69) is 12.6 Å².